The van der Waals surface area contributed by atoms with E-state index in [1.807, 2.05) is 16.5 Å². The normalized spacial score (nSPS) is 18.9. The predicted molar refractivity (Wildman–Crippen MR) is 115 cm³/mol. The standard InChI is InChI=1S/C21H30N6O4/c1-2-27-20-16(12-23-27)19(24-15-5-9-31-10-6-15)17(11-22-20)21(30)25-14-3-7-26(8-4-14)13-18(28)29/h11-12,14-15H,2-10,13H2,1H3,(H,22,24)(H,25,30)(H,28,29). The van der Waals surface area contributed by atoms with Gasteiger partial charge in [-0.1, -0.05) is 0 Å². The Hall–Kier alpha value is -2.72. The van der Waals surface area contributed by atoms with E-state index in [-0.39, 0.29) is 24.5 Å². The van der Waals surface area contributed by atoms with Crippen LogP contribution in [0.25, 0.3) is 11.0 Å². The molecule has 4 heterocycles. The average molecular weight is 431 g/mol. The molecule has 31 heavy (non-hydrogen) atoms. The number of carbonyl (C=O) groups excluding carboxylic acids is 1. The molecular formula is C21H30N6O4. The molecule has 10 nitrogen and oxygen atoms in total. The van der Waals surface area contributed by atoms with Crippen molar-refractivity contribution in [1.82, 2.24) is 25.0 Å². The minimum absolute atomic E-state index is 0.0162. The first-order valence-corrected chi connectivity index (χ1v) is 11.0. The van der Waals surface area contributed by atoms with Crippen LogP contribution in [0, 0.1) is 0 Å². The first-order valence-electron chi connectivity index (χ1n) is 11.0. The number of ether oxygens (including phenoxy) is 1. The number of nitrogens with zero attached hydrogens (tertiary/aromatic N) is 4. The van der Waals surface area contributed by atoms with Gasteiger partial charge < -0.3 is 20.5 Å². The highest BCUT2D eigenvalue weighted by Crippen LogP contribution is 2.28. The van der Waals surface area contributed by atoms with Gasteiger partial charge in [-0.3, -0.25) is 14.5 Å². The average Bonchev–Trinajstić information content (AvgIpc) is 3.19. The maximum atomic E-state index is 13.2. The SMILES string of the molecule is CCn1ncc2c(NC3CCOCC3)c(C(=O)NC3CCN(CC(=O)O)CC3)cnc21. The molecule has 0 aliphatic carbocycles. The summed E-state index contributed by atoms with van der Waals surface area (Å²) < 4.78 is 7.29. The van der Waals surface area contributed by atoms with Crippen LogP contribution in [0.3, 0.4) is 0 Å². The number of anilines is 1. The monoisotopic (exact) mass is 430 g/mol. The Morgan fingerprint density at radius 1 is 1.16 bits per heavy atom. The van der Waals surface area contributed by atoms with Crippen LogP contribution in [0.1, 0.15) is 43.0 Å². The Balaban J connectivity index is 1.52. The van der Waals surface area contributed by atoms with Gasteiger partial charge in [0.15, 0.2) is 5.65 Å². The van der Waals surface area contributed by atoms with Gasteiger partial charge in [0.25, 0.3) is 5.91 Å². The Morgan fingerprint density at radius 2 is 1.90 bits per heavy atom. The highest BCUT2D eigenvalue weighted by molar-refractivity contribution is 6.06. The topological polar surface area (TPSA) is 122 Å². The van der Waals surface area contributed by atoms with E-state index in [9.17, 15) is 9.59 Å². The molecule has 0 saturated carbocycles. The van der Waals surface area contributed by atoms with Crippen molar-refractivity contribution in [2.24, 2.45) is 0 Å². The van der Waals surface area contributed by atoms with Crippen LogP contribution >= 0.6 is 0 Å². The second kappa shape index (κ2) is 9.61. The number of aryl methyl sites for hydroxylation is 1. The zero-order valence-corrected chi connectivity index (χ0v) is 17.8. The summed E-state index contributed by atoms with van der Waals surface area (Å²) >= 11 is 0. The summed E-state index contributed by atoms with van der Waals surface area (Å²) in [6.45, 7) is 5.48. The van der Waals surface area contributed by atoms with Crippen LogP contribution < -0.4 is 10.6 Å². The Morgan fingerprint density at radius 3 is 2.58 bits per heavy atom. The molecule has 0 bridgehead atoms. The second-order valence-corrected chi connectivity index (χ2v) is 8.19. The van der Waals surface area contributed by atoms with E-state index in [2.05, 4.69) is 20.7 Å². The van der Waals surface area contributed by atoms with Crippen LogP contribution in [0.15, 0.2) is 12.4 Å². The van der Waals surface area contributed by atoms with Gasteiger partial charge in [0, 0.05) is 51.1 Å². The first-order chi connectivity index (χ1) is 15.0. The molecule has 2 aromatic heterocycles. The Labute approximate surface area is 180 Å². The lowest BCUT2D eigenvalue weighted by Gasteiger charge is -2.31. The van der Waals surface area contributed by atoms with Gasteiger partial charge in [0.2, 0.25) is 0 Å². The van der Waals surface area contributed by atoms with E-state index in [0.717, 1.165) is 42.4 Å². The predicted octanol–water partition coefficient (Wildman–Crippen LogP) is 1.32. The van der Waals surface area contributed by atoms with Crippen LogP contribution in [0.2, 0.25) is 0 Å². The molecule has 10 heteroatoms. The molecule has 168 valence electrons. The fourth-order valence-corrected chi connectivity index (χ4v) is 4.32. The lowest BCUT2D eigenvalue weighted by atomic mass is 10.0. The number of fused-ring (bicyclic) bond motifs is 1. The molecule has 2 saturated heterocycles. The van der Waals surface area contributed by atoms with E-state index in [4.69, 9.17) is 9.84 Å². The zero-order chi connectivity index (χ0) is 21.8. The fourth-order valence-electron chi connectivity index (χ4n) is 4.32. The quantitative estimate of drug-likeness (QED) is 0.601. The van der Waals surface area contributed by atoms with Crippen LogP contribution in [-0.4, -0.2) is 81.6 Å². The van der Waals surface area contributed by atoms with Crippen molar-refractivity contribution in [3.63, 3.8) is 0 Å². The number of aromatic nitrogens is 3. The number of carboxylic acids is 1. The third-order valence-electron chi connectivity index (χ3n) is 6.06. The summed E-state index contributed by atoms with van der Waals surface area (Å²) in [6.07, 6.45) is 6.63. The number of hydrogen-bond donors (Lipinski definition) is 3. The molecule has 2 aliphatic rings. The van der Waals surface area contributed by atoms with Gasteiger partial charge in [-0.15, -0.1) is 0 Å². The maximum Gasteiger partial charge on any atom is 0.317 e. The van der Waals surface area contributed by atoms with Gasteiger partial charge in [-0.25, -0.2) is 9.67 Å². The smallest absolute Gasteiger partial charge is 0.317 e. The molecule has 2 fully saturated rings. The summed E-state index contributed by atoms with van der Waals surface area (Å²) in [5, 5.41) is 20.9. The number of piperidine rings is 1. The van der Waals surface area contributed by atoms with Gasteiger partial charge in [0.05, 0.1) is 29.4 Å². The fraction of sp³-hybridized carbons (Fsp3) is 0.619. The molecule has 0 spiro atoms. The highest BCUT2D eigenvalue weighted by Gasteiger charge is 2.26. The number of carboxylic acid groups (broad SMARTS) is 1. The molecule has 2 aliphatic heterocycles. The molecule has 3 N–H and O–H groups in total. The number of nitrogens with one attached hydrogen (secondary N) is 2. The summed E-state index contributed by atoms with van der Waals surface area (Å²) in [5.74, 6) is -0.983. The zero-order valence-electron chi connectivity index (χ0n) is 17.8. The van der Waals surface area contributed by atoms with Crippen molar-refractivity contribution < 1.29 is 19.4 Å². The Kier molecular flexibility index (Phi) is 6.67. The summed E-state index contributed by atoms with van der Waals surface area (Å²) in [4.78, 5) is 30.5. The lowest BCUT2D eigenvalue weighted by Crippen LogP contribution is -2.46. The third kappa shape index (κ3) is 4.96. The van der Waals surface area contributed by atoms with Crippen LogP contribution in [-0.2, 0) is 16.1 Å². The minimum Gasteiger partial charge on any atom is -0.480 e. The summed E-state index contributed by atoms with van der Waals surface area (Å²) in [6, 6.07) is 0.248. The minimum atomic E-state index is -0.821. The van der Waals surface area contributed by atoms with Crippen molar-refractivity contribution in [1.29, 1.82) is 0 Å². The number of pyridine rings is 1. The number of hydrogen-bond acceptors (Lipinski definition) is 7. The van der Waals surface area contributed by atoms with E-state index >= 15 is 0 Å². The number of aliphatic carboxylic acids is 1. The van der Waals surface area contributed by atoms with E-state index in [1.165, 1.54) is 0 Å². The molecule has 0 atom stereocenters. The van der Waals surface area contributed by atoms with Gasteiger partial charge >= 0.3 is 5.97 Å². The number of rotatable bonds is 7. The van der Waals surface area contributed by atoms with Crippen molar-refractivity contribution in [2.75, 3.05) is 38.2 Å². The van der Waals surface area contributed by atoms with Crippen molar-refractivity contribution in [3.05, 3.63) is 18.0 Å². The molecule has 0 radical (unpaired) electrons. The Bertz CT molecular complexity index is 931. The maximum absolute atomic E-state index is 13.2. The van der Waals surface area contributed by atoms with Gasteiger partial charge in [-0.05, 0) is 32.6 Å². The summed E-state index contributed by atoms with van der Waals surface area (Å²) in [5.41, 5.74) is 2.05. The van der Waals surface area contributed by atoms with Gasteiger partial charge in [-0.2, -0.15) is 5.10 Å². The largest absolute Gasteiger partial charge is 0.480 e. The third-order valence-corrected chi connectivity index (χ3v) is 6.06. The highest BCUT2D eigenvalue weighted by atomic mass is 16.5. The van der Waals surface area contributed by atoms with Crippen molar-refractivity contribution in [3.8, 4) is 0 Å². The number of likely N-dealkylation sites (tertiary alicyclic amines) is 1. The lowest BCUT2D eigenvalue weighted by molar-refractivity contribution is -0.138. The van der Waals surface area contributed by atoms with E-state index in [0.29, 0.717) is 38.4 Å². The van der Waals surface area contributed by atoms with Gasteiger partial charge in [0.1, 0.15) is 0 Å². The molecule has 1 amide bonds. The molecule has 0 unspecified atom stereocenters. The second-order valence-electron chi connectivity index (χ2n) is 8.19. The number of amides is 1. The number of carbonyl (C=O) groups is 2. The van der Waals surface area contributed by atoms with E-state index in [1.54, 1.807) is 12.4 Å². The van der Waals surface area contributed by atoms with E-state index < -0.39 is 5.97 Å². The first kappa shape index (κ1) is 21.5. The van der Waals surface area contributed by atoms with Crippen molar-refractivity contribution in [2.45, 2.75) is 51.2 Å². The van der Waals surface area contributed by atoms with Crippen molar-refractivity contribution >= 4 is 28.6 Å². The molecular weight excluding hydrogens is 400 g/mol. The summed E-state index contributed by atoms with van der Waals surface area (Å²) in [7, 11) is 0. The van der Waals surface area contributed by atoms with Crippen LogP contribution in [0.5, 0.6) is 0 Å². The molecule has 2 aromatic rings. The van der Waals surface area contributed by atoms with Crippen LogP contribution in [0.4, 0.5) is 5.69 Å². The molecule has 0 aromatic carbocycles. The molecule has 4 rings (SSSR count).